The lowest BCUT2D eigenvalue weighted by atomic mass is 10.2. The predicted octanol–water partition coefficient (Wildman–Crippen LogP) is 3.99. The summed E-state index contributed by atoms with van der Waals surface area (Å²) >= 11 is 0. The van der Waals surface area contributed by atoms with Crippen LogP contribution in [0.3, 0.4) is 0 Å². The minimum atomic E-state index is -0.283. The molecule has 0 unspecified atom stereocenters. The van der Waals surface area contributed by atoms with Crippen LogP contribution in [0.15, 0.2) is 78.9 Å². The second kappa shape index (κ2) is 8.69. The third kappa shape index (κ3) is 4.84. The van der Waals surface area contributed by atoms with E-state index < -0.39 is 0 Å². The van der Waals surface area contributed by atoms with Crippen LogP contribution in [0.1, 0.15) is 5.56 Å². The molecular formula is C21H19NO4. The van der Waals surface area contributed by atoms with E-state index in [0.29, 0.717) is 22.7 Å². The number of amides is 1. The van der Waals surface area contributed by atoms with Gasteiger partial charge in [-0.05, 0) is 42.5 Å². The molecule has 0 heterocycles. The van der Waals surface area contributed by atoms with Gasteiger partial charge < -0.3 is 19.9 Å². The topological polar surface area (TPSA) is 67.8 Å². The maximum atomic E-state index is 12.0. The highest BCUT2D eigenvalue weighted by Crippen LogP contribution is 2.22. The van der Waals surface area contributed by atoms with Crippen LogP contribution in [0.25, 0.3) is 0 Å². The number of anilines is 1. The summed E-state index contributed by atoms with van der Waals surface area (Å²) in [6, 6.07) is 23.6. The molecule has 5 heteroatoms. The number of rotatable bonds is 7. The molecule has 0 saturated heterocycles. The molecule has 3 aromatic rings. The third-order valence-electron chi connectivity index (χ3n) is 3.62. The second-order valence-corrected chi connectivity index (χ2v) is 5.54. The molecule has 0 aliphatic carbocycles. The zero-order valence-corrected chi connectivity index (χ0v) is 14.1. The van der Waals surface area contributed by atoms with Gasteiger partial charge in [-0.2, -0.15) is 0 Å². The quantitative estimate of drug-likeness (QED) is 0.677. The number of benzene rings is 3. The van der Waals surface area contributed by atoms with Gasteiger partial charge in [0.05, 0.1) is 6.61 Å². The number of hydrogen-bond acceptors (Lipinski definition) is 4. The average Bonchev–Trinajstić information content (AvgIpc) is 2.69. The van der Waals surface area contributed by atoms with Crippen LogP contribution in [0.2, 0.25) is 0 Å². The smallest absolute Gasteiger partial charge is 0.262 e. The first-order valence-electron chi connectivity index (χ1n) is 8.19. The molecule has 5 nitrogen and oxygen atoms in total. The van der Waals surface area contributed by atoms with Gasteiger partial charge in [0.25, 0.3) is 5.91 Å². The van der Waals surface area contributed by atoms with Crippen molar-refractivity contribution in [3.8, 4) is 17.2 Å². The van der Waals surface area contributed by atoms with Gasteiger partial charge in [-0.1, -0.05) is 36.4 Å². The normalized spacial score (nSPS) is 10.2. The van der Waals surface area contributed by atoms with Gasteiger partial charge in [0.1, 0.15) is 17.2 Å². The van der Waals surface area contributed by atoms with Crippen molar-refractivity contribution in [3.05, 3.63) is 84.4 Å². The number of aliphatic hydroxyl groups is 1. The van der Waals surface area contributed by atoms with E-state index in [9.17, 15) is 9.90 Å². The fourth-order valence-corrected chi connectivity index (χ4v) is 2.35. The summed E-state index contributed by atoms with van der Waals surface area (Å²) in [7, 11) is 0. The highest BCUT2D eigenvalue weighted by atomic mass is 16.5. The molecule has 3 aromatic carbocycles. The number of hydrogen-bond donors (Lipinski definition) is 2. The Morgan fingerprint density at radius 3 is 2.23 bits per heavy atom. The molecule has 0 bridgehead atoms. The van der Waals surface area contributed by atoms with Gasteiger partial charge in [-0.3, -0.25) is 4.79 Å². The van der Waals surface area contributed by atoms with Crippen molar-refractivity contribution in [2.75, 3.05) is 11.9 Å². The first kappa shape index (κ1) is 17.5. The maximum Gasteiger partial charge on any atom is 0.262 e. The maximum absolute atomic E-state index is 12.0. The summed E-state index contributed by atoms with van der Waals surface area (Å²) in [6.07, 6.45) is 0. The van der Waals surface area contributed by atoms with E-state index in [1.54, 1.807) is 48.5 Å². The van der Waals surface area contributed by atoms with E-state index >= 15 is 0 Å². The third-order valence-corrected chi connectivity index (χ3v) is 3.62. The van der Waals surface area contributed by atoms with Crippen molar-refractivity contribution in [2.24, 2.45) is 0 Å². The molecule has 0 aliphatic rings. The van der Waals surface area contributed by atoms with Crippen LogP contribution >= 0.6 is 0 Å². The molecule has 0 atom stereocenters. The summed E-state index contributed by atoms with van der Waals surface area (Å²) < 4.78 is 11.2. The summed E-state index contributed by atoms with van der Waals surface area (Å²) in [5.74, 6) is 1.65. The van der Waals surface area contributed by atoms with E-state index in [-0.39, 0.29) is 19.1 Å². The first-order chi connectivity index (χ1) is 12.7. The van der Waals surface area contributed by atoms with Gasteiger partial charge in [-0.25, -0.2) is 0 Å². The van der Waals surface area contributed by atoms with E-state index in [2.05, 4.69) is 5.32 Å². The van der Waals surface area contributed by atoms with Gasteiger partial charge in [-0.15, -0.1) is 0 Å². The van der Waals surface area contributed by atoms with Gasteiger partial charge in [0.15, 0.2) is 6.61 Å². The monoisotopic (exact) mass is 349 g/mol. The Kier molecular flexibility index (Phi) is 5.85. The molecule has 0 fully saturated rings. The fraction of sp³-hybridized carbons (Fsp3) is 0.0952. The highest BCUT2D eigenvalue weighted by Gasteiger charge is 2.07. The van der Waals surface area contributed by atoms with Crippen LogP contribution in [0.5, 0.6) is 17.2 Å². The predicted molar refractivity (Wildman–Crippen MR) is 99.4 cm³/mol. The van der Waals surface area contributed by atoms with Crippen LogP contribution in [-0.2, 0) is 11.4 Å². The number of carbonyl (C=O) groups excluding carboxylic acids is 1. The Labute approximate surface area is 151 Å². The van der Waals surface area contributed by atoms with Crippen LogP contribution in [0.4, 0.5) is 5.69 Å². The molecule has 2 N–H and O–H groups in total. The zero-order chi connectivity index (χ0) is 18.2. The van der Waals surface area contributed by atoms with E-state index in [1.807, 2.05) is 30.3 Å². The minimum Gasteiger partial charge on any atom is -0.483 e. The van der Waals surface area contributed by atoms with E-state index in [1.165, 1.54) is 0 Å². The van der Waals surface area contributed by atoms with Crippen LogP contribution in [0, 0.1) is 0 Å². The van der Waals surface area contributed by atoms with Crippen molar-refractivity contribution in [1.29, 1.82) is 0 Å². The highest BCUT2D eigenvalue weighted by molar-refractivity contribution is 5.91. The van der Waals surface area contributed by atoms with Crippen molar-refractivity contribution in [2.45, 2.75) is 6.61 Å². The molecule has 0 aliphatic heterocycles. The number of para-hydroxylation sites is 2. The number of ether oxygens (including phenoxy) is 2. The van der Waals surface area contributed by atoms with Crippen LogP contribution in [-0.4, -0.2) is 17.6 Å². The Morgan fingerprint density at radius 2 is 1.50 bits per heavy atom. The fourth-order valence-electron chi connectivity index (χ4n) is 2.35. The minimum absolute atomic E-state index is 0.138. The number of nitrogens with one attached hydrogen (secondary N) is 1. The largest absolute Gasteiger partial charge is 0.483 e. The Balaban J connectivity index is 1.53. The summed E-state index contributed by atoms with van der Waals surface area (Å²) in [6.45, 7) is -0.278. The lowest BCUT2D eigenvalue weighted by molar-refractivity contribution is -0.118. The molecule has 0 saturated carbocycles. The van der Waals surface area contributed by atoms with Crippen LogP contribution < -0.4 is 14.8 Å². The lowest BCUT2D eigenvalue weighted by Crippen LogP contribution is -2.20. The Morgan fingerprint density at radius 1 is 0.846 bits per heavy atom. The SMILES string of the molecule is O=C(COc1ccccc1CO)Nc1ccc(Oc2ccccc2)cc1. The van der Waals surface area contributed by atoms with Crippen molar-refractivity contribution < 1.29 is 19.4 Å². The standard InChI is InChI=1S/C21H19NO4/c23-14-16-6-4-5-9-20(16)25-15-21(24)22-17-10-12-19(13-11-17)26-18-7-2-1-3-8-18/h1-13,23H,14-15H2,(H,22,24). The molecule has 26 heavy (non-hydrogen) atoms. The summed E-state index contributed by atoms with van der Waals surface area (Å²) in [5, 5.41) is 12.0. The van der Waals surface area contributed by atoms with E-state index in [0.717, 1.165) is 5.75 Å². The zero-order valence-electron chi connectivity index (χ0n) is 14.1. The summed E-state index contributed by atoms with van der Waals surface area (Å²) in [4.78, 5) is 12.0. The average molecular weight is 349 g/mol. The molecule has 0 aromatic heterocycles. The molecule has 0 spiro atoms. The van der Waals surface area contributed by atoms with E-state index in [4.69, 9.17) is 9.47 Å². The lowest BCUT2D eigenvalue weighted by Gasteiger charge is -2.11. The van der Waals surface area contributed by atoms with Crippen molar-refractivity contribution in [1.82, 2.24) is 0 Å². The molecule has 3 rings (SSSR count). The summed E-state index contributed by atoms with van der Waals surface area (Å²) in [5.41, 5.74) is 1.29. The van der Waals surface area contributed by atoms with Gasteiger partial charge in [0.2, 0.25) is 0 Å². The molecule has 1 amide bonds. The first-order valence-corrected chi connectivity index (χ1v) is 8.19. The number of carbonyl (C=O) groups is 1. The van der Waals surface area contributed by atoms with Crippen molar-refractivity contribution in [3.63, 3.8) is 0 Å². The van der Waals surface area contributed by atoms with Gasteiger partial charge >= 0.3 is 0 Å². The number of aliphatic hydroxyl groups excluding tert-OH is 1. The molecule has 0 radical (unpaired) electrons. The molecule has 132 valence electrons. The van der Waals surface area contributed by atoms with Gasteiger partial charge in [0, 0.05) is 11.3 Å². The molecular weight excluding hydrogens is 330 g/mol. The Hall–Kier alpha value is -3.31. The van der Waals surface area contributed by atoms with Crippen molar-refractivity contribution >= 4 is 11.6 Å². The second-order valence-electron chi connectivity index (χ2n) is 5.54. The Bertz CT molecular complexity index is 847.